The van der Waals surface area contributed by atoms with Crippen LogP contribution in [0.3, 0.4) is 0 Å². The Morgan fingerprint density at radius 2 is 2.00 bits per heavy atom. The Hall–Kier alpha value is -3.09. The van der Waals surface area contributed by atoms with Crippen LogP contribution in [0.25, 0.3) is 22.0 Å². The molecular weight excluding hydrogens is 270 g/mol. The van der Waals surface area contributed by atoms with Crippen LogP contribution in [0.1, 0.15) is 0 Å². The number of hydrogen-bond acceptors (Lipinski definition) is 6. The minimum Gasteiger partial charge on any atom is -0.357 e. The molecule has 0 fully saturated rings. The fourth-order valence-corrected chi connectivity index (χ4v) is 2.13. The monoisotopic (exact) mass is 281 g/mol. The van der Waals surface area contributed by atoms with Gasteiger partial charge in [0.2, 0.25) is 5.95 Å². The molecule has 0 radical (unpaired) electrons. The summed E-state index contributed by atoms with van der Waals surface area (Å²) in [5.74, 6) is 0.323. The number of nitro groups is 1. The zero-order chi connectivity index (χ0) is 14.8. The highest BCUT2D eigenvalue weighted by molar-refractivity contribution is 5.96. The second-order valence-corrected chi connectivity index (χ2v) is 4.34. The predicted octanol–water partition coefficient (Wildman–Crippen LogP) is 2.64. The molecule has 2 aromatic heterocycles. The summed E-state index contributed by atoms with van der Waals surface area (Å²) < 4.78 is 0. The lowest BCUT2D eigenvalue weighted by atomic mass is 10.0. The Kier molecular flexibility index (Phi) is 3.15. The molecule has 3 aromatic rings. The zero-order valence-corrected chi connectivity index (χ0v) is 11.1. The van der Waals surface area contributed by atoms with Crippen LogP contribution in [0.15, 0.2) is 42.9 Å². The highest BCUT2D eigenvalue weighted by atomic mass is 16.6. The molecule has 1 aromatic carbocycles. The third-order valence-corrected chi connectivity index (χ3v) is 3.11. The first-order valence-corrected chi connectivity index (χ1v) is 6.23. The number of nitrogens with zero attached hydrogens (tertiary/aromatic N) is 4. The summed E-state index contributed by atoms with van der Waals surface area (Å²) in [4.78, 5) is 23.0. The van der Waals surface area contributed by atoms with E-state index in [1.165, 1.54) is 6.20 Å². The molecule has 0 aliphatic heterocycles. The Bertz CT molecular complexity index is 829. The number of benzene rings is 1. The summed E-state index contributed by atoms with van der Waals surface area (Å²) in [6.07, 6.45) is 4.50. The average molecular weight is 281 g/mol. The molecule has 0 spiro atoms. The predicted molar refractivity (Wildman–Crippen MR) is 79.0 cm³/mol. The number of nitrogens with one attached hydrogen (secondary N) is 1. The summed E-state index contributed by atoms with van der Waals surface area (Å²) in [7, 11) is 1.66. The number of pyridine rings is 1. The van der Waals surface area contributed by atoms with Crippen molar-refractivity contribution in [3.05, 3.63) is 53.0 Å². The van der Waals surface area contributed by atoms with E-state index >= 15 is 0 Å². The normalized spacial score (nSPS) is 10.5. The molecule has 2 heterocycles. The number of anilines is 1. The SMILES string of the molecule is CNc1ncc([N+](=O)[O-])c(-c2cncc3ccccc23)n1. The van der Waals surface area contributed by atoms with Gasteiger partial charge in [-0.2, -0.15) is 0 Å². The molecule has 0 saturated heterocycles. The first-order chi connectivity index (χ1) is 10.2. The smallest absolute Gasteiger partial charge is 0.313 e. The minimum absolute atomic E-state index is 0.146. The van der Waals surface area contributed by atoms with Crippen LogP contribution < -0.4 is 5.32 Å². The van der Waals surface area contributed by atoms with E-state index < -0.39 is 4.92 Å². The largest absolute Gasteiger partial charge is 0.357 e. The molecule has 7 nitrogen and oxygen atoms in total. The molecule has 1 N–H and O–H groups in total. The van der Waals surface area contributed by atoms with Crippen molar-refractivity contribution in [2.24, 2.45) is 0 Å². The third kappa shape index (κ3) is 2.25. The topological polar surface area (TPSA) is 93.8 Å². The van der Waals surface area contributed by atoms with Crippen molar-refractivity contribution in [1.82, 2.24) is 15.0 Å². The van der Waals surface area contributed by atoms with Gasteiger partial charge < -0.3 is 5.32 Å². The van der Waals surface area contributed by atoms with E-state index in [0.29, 0.717) is 11.5 Å². The Morgan fingerprint density at radius 1 is 1.19 bits per heavy atom. The van der Waals surface area contributed by atoms with Crippen molar-refractivity contribution < 1.29 is 4.92 Å². The average Bonchev–Trinajstić information content (AvgIpc) is 2.53. The molecule has 0 aliphatic carbocycles. The van der Waals surface area contributed by atoms with Gasteiger partial charge in [0.25, 0.3) is 0 Å². The van der Waals surface area contributed by atoms with Gasteiger partial charge in [-0.15, -0.1) is 0 Å². The van der Waals surface area contributed by atoms with Crippen molar-refractivity contribution in [2.75, 3.05) is 12.4 Å². The van der Waals surface area contributed by atoms with Crippen molar-refractivity contribution >= 4 is 22.4 Å². The van der Waals surface area contributed by atoms with Crippen LogP contribution in [0.5, 0.6) is 0 Å². The maximum atomic E-state index is 11.2. The number of fused-ring (bicyclic) bond motifs is 1. The van der Waals surface area contributed by atoms with E-state index in [2.05, 4.69) is 20.3 Å². The Morgan fingerprint density at radius 3 is 2.76 bits per heavy atom. The highest BCUT2D eigenvalue weighted by Gasteiger charge is 2.20. The van der Waals surface area contributed by atoms with E-state index in [9.17, 15) is 10.1 Å². The van der Waals surface area contributed by atoms with Crippen LogP contribution in [-0.2, 0) is 0 Å². The highest BCUT2D eigenvalue weighted by Crippen LogP contribution is 2.32. The molecule has 21 heavy (non-hydrogen) atoms. The van der Waals surface area contributed by atoms with E-state index in [4.69, 9.17) is 0 Å². The van der Waals surface area contributed by atoms with Gasteiger partial charge in [0.05, 0.1) is 4.92 Å². The van der Waals surface area contributed by atoms with Gasteiger partial charge in [-0.3, -0.25) is 15.1 Å². The standard InChI is InChI=1S/C14H11N5O2/c1-15-14-17-8-12(19(20)21)13(18-14)11-7-16-6-9-4-2-3-5-10(9)11/h2-8H,1H3,(H,15,17,18). The van der Waals surface area contributed by atoms with E-state index in [1.54, 1.807) is 19.4 Å². The summed E-state index contributed by atoms with van der Waals surface area (Å²) in [6, 6.07) is 7.55. The fraction of sp³-hybridized carbons (Fsp3) is 0.0714. The summed E-state index contributed by atoms with van der Waals surface area (Å²) in [5.41, 5.74) is 0.717. The Labute approximate surface area is 119 Å². The van der Waals surface area contributed by atoms with Gasteiger partial charge in [-0.1, -0.05) is 24.3 Å². The summed E-state index contributed by atoms with van der Waals surface area (Å²) >= 11 is 0. The zero-order valence-electron chi connectivity index (χ0n) is 11.1. The van der Waals surface area contributed by atoms with Gasteiger partial charge in [0.1, 0.15) is 6.20 Å². The molecule has 3 rings (SSSR count). The second kappa shape index (κ2) is 5.12. The second-order valence-electron chi connectivity index (χ2n) is 4.34. The molecule has 0 saturated carbocycles. The maximum absolute atomic E-state index is 11.2. The van der Waals surface area contributed by atoms with Crippen LogP contribution in [-0.4, -0.2) is 26.9 Å². The molecule has 0 amide bonds. The molecule has 0 unspecified atom stereocenters. The van der Waals surface area contributed by atoms with E-state index in [1.807, 2.05) is 24.3 Å². The summed E-state index contributed by atoms with van der Waals surface area (Å²) in [5, 5.41) is 15.8. The molecular formula is C14H11N5O2. The first-order valence-electron chi connectivity index (χ1n) is 6.23. The lowest BCUT2D eigenvalue weighted by molar-refractivity contribution is -0.384. The number of aromatic nitrogens is 3. The van der Waals surface area contributed by atoms with Crippen molar-refractivity contribution in [3.63, 3.8) is 0 Å². The number of rotatable bonds is 3. The lowest BCUT2D eigenvalue weighted by Gasteiger charge is -2.07. The fourth-order valence-electron chi connectivity index (χ4n) is 2.13. The Balaban J connectivity index is 2.34. The summed E-state index contributed by atoms with van der Waals surface area (Å²) in [6.45, 7) is 0. The van der Waals surface area contributed by atoms with E-state index in [0.717, 1.165) is 10.8 Å². The van der Waals surface area contributed by atoms with Crippen molar-refractivity contribution in [3.8, 4) is 11.3 Å². The number of hydrogen-bond donors (Lipinski definition) is 1. The quantitative estimate of drug-likeness (QED) is 0.586. The van der Waals surface area contributed by atoms with Crippen LogP contribution in [0, 0.1) is 10.1 Å². The van der Waals surface area contributed by atoms with Crippen molar-refractivity contribution in [1.29, 1.82) is 0 Å². The van der Waals surface area contributed by atoms with Gasteiger partial charge in [-0.25, -0.2) is 9.97 Å². The third-order valence-electron chi connectivity index (χ3n) is 3.11. The molecule has 7 heteroatoms. The lowest BCUT2D eigenvalue weighted by Crippen LogP contribution is -2.02. The van der Waals surface area contributed by atoms with Crippen LogP contribution in [0.4, 0.5) is 11.6 Å². The van der Waals surface area contributed by atoms with Crippen LogP contribution in [0.2, 0.25) is 0 Å². The molecule has 0 bridgehead atoms. The molecule has 0 atom stereocenters. The maximum Gasteiger partial charge on any atom is 0.313 e. The first kappa shape index (κ1) is 12.9. The van der Waals surface area contributed by atoms with Crippen molar-refractivity contribution in [2.45, 2.75) is 0 Å². The van der Waals surface area contributed by atoms with Gasteiger partial charge in [0.15, 0.2) is 5.69 Å². The van der Waals surface area contributed by atoms with E-state index in [-0.39, 0.29) is 11.4 Å². The van der Waals surface area contributed by atoms with Gasteiger partial charge in [-0.05, 0) is 5.39 Å². The molecule has 0 aliphatic rings. The minimum atomic E-state index is -0.490. The molecule has 104 valence electrons. The van der Waals surface area contributed by atoms with Crippen LogP contribution >= 0.6 is 0 Å². The van der Waals surface area contributed by atoms with Gasteiger partial charge >= 0.3 is 5.69 Å². The van der Waals surface area contributed by atoms with Gasteiger partial charge in [0, 0.05) is 30.4 Å².